The minimum atomic E-state index is -1.42. The topological polar surface area (TPSA) is 214 Å². The summed E-state index contributed by atoms with van der Waals surface area (Å²) < 4.78 is 0. The van der Waals surface area contributed by atoms with Gasteiger partial charge in [-0.2, -0.15) is 0 Å². The van der Waals surface area contributed by atoms with Gasteiger partial charge in [-0.05, 0) is 37.6 Å². The highest BCUT2D eigenvalue weighted by Crippen LogP contribution is 2.09. The van der Waals surface area contributed by atoms with Gasteiger partial charge >= 0.3 is 11.9 Å². The molecule has 0 fully saturated rings. The lowest BCUT2D eigenvalue weighted by Crippen LogP contribution is -2.59. The van der Waals surface area contributed by atoms with Gasteiger partial charge in [-0.15, -0.1) is 0 Å². The first-order valence-corrected chi connectivity index (χ1v) is 11.1. The van der Waals surface area contributed by atoms with Crippen molar-refractivity contribution in [2.45, 2.75) is 84.0 Å². The molecule has 190 valence electrons. The molecule has 0 heterocycles. The van der Waals surface area contributed by atoms with E-state index in [1.807, 2.05) is 0 Å². The summed E-state index contributed by atoms with van der Waals surface area (Å²) in [6.45, 7) is 7.26. The Morgan fingerprint density at radius 3 is 1.67 bits per heavy atom. The van der Waals surface area contributed by atoms with Gasteiger partial charge in [0.05, 0.1) is 6.04 Å². The third-order valence-electron chi connectivity index (χ3n) is 5.06. The first-order valence-electron chi connectivity index (χ1n) is 11.1. The van der Waals surface area contributed by atoms with Gasteiger partial charge in [0, 0.05) is 6.42 Å². The Labute approximate surface area is 194 Å². The molecule has 0 rings (SSSR count). The summed E-state index contributed by atoms with van der Waals surface area (Å²) in [7, 11) is 0. The number of carbonyl (C=O) groups is 5. The van der Waals surface area contributed by atoms with Crippen molar-refractivity contribution in [2.24, 2.45) is 23.3 Å². The zero-order valence-corrected chi connectivity index (χ0v) is 19.8. The monoisotopic (exact) mass is 473 g/mol. The molecule has 12 heteroatoms. The minimum absolute atomic E-state index is 0.304. The van der Waals surface area contributed by atoms with Crippen molar-refractivity contribution in [3.8, 4) is 0 Å². The van der Waals surface area contributed by atoms with Gasteiger partial charge in [0.2, 0.25) is 17.7 Å². The van der Waals surface area contributed by atoms with Crippen LogP contribution in [0.15, 0.2) is 0 Å². The van der Waals surface area contributed by atoms with Crippen molar-refractivity contribution in [1.82, 2.24) is 16.0 Å². The van der Waals surface area contributed by atoms with Crippen LogP contribution in [0, 0.1) is 11.8 Å². The second-order valence-electron chi connectivity index (χ2n) is 8.68. The van der Waals surface area contributed by atoms with E-state index in [1.54, 1.807) is 27.7 Å². The SMILES string of the molecule is CC(C)[C@H](NC(=O)[C@@H](NC(=O)[C@@H](N)CCCCN)C(C)C)C(=O)N[C@@H](CCC(=O)O)C(=O)O. The molecule has 0 unspecified atom stereocenters. The molecule has 0 saturated heterocycles. The van der Waals surface area contributed by atoms with E-state index in [0.29, 0.717) is 19.4 Å². The van der Waals surface area contributed by atoms with Crippen LogP contribution in [0.4, 0.5) is 0 Å². The molecular formula is C21H39N5O7. The highest BCUT2D eigenvalue weighted by molar-refractivity contribution is 5.94. The van der Waals surface area contributed by atoms with Gasteiger partial charge in [-0.3, -0.25) is 19.2 Å². The number of rotatable bonds is 16. The van der Waals surface area contributed by atoms with Crippen molar-refractivity contribution < 1.29 is 34.2 Å². The van der Waals surface area contributed by atoms with Gasteiger partial charge in [0.15, 0.2) is 0 Å². The molecule has 0 aliphatic heterocycles. The van der Waals surface area contributed by atoms with Crippen molar-refractivity contribution in [1.29, 1.82) is 0 Å². The van der Waals surface area contributed by atoms with Crippen LogP contribution in [0.1, 0.15) is 59.8 Å². The molecule has 0 aromatic rings. The number of unbranched alkanes of at least 4 members (excludes halogenated alkanes) is 1. The molecule has 9 N–H and O–H groups in total. The van der Waals surface area contributed by atoms with Gasteiger partial charge < -0.3 is 37.6 Å². The molecule has 0 aromatic heterocycles. The van der Waals surface area contributed by atoms with E-state index < -0.39 is 66.2 Å². The number of hydrogen-bond acceptors (Lipinski definition) is 7. The molecule has 4 atom stereocenters. The number of amides is 3. The fraction of sp³-hybridized carbons (Fsp3) is 0.762. The molecule has 33 heavy (non-hydrogen) atoms. The molecule has 0 bridgehead atoms. The minimum Gasteiger partial charge on any atom is -0.481 e. The number of hydrogen-bond donors (Lipinski definition) is 7. The van der Waals surface area contributed by atoms with Gasteiger partial charge in [0.1, 0.15) is 18.1 Å². The predicted molar refractivity (Wildman–Crippen MR) is 121 cm³/mol. The fourth-order valence-electron chi connectivity index (χ4n) is 3.00. The molecule has 0 aromatic carbocycles. The van der Waals surface area contributed by atoms with Crippen LogP contribution in [-0.2, 0) is 24.0 Å². The number of carboxylic acid groups (broad SMARTS) is 2. The van der Waals surface area contributed by atoms with E-state index >= 15 is 0 Å². The lowest BCUT2D eigenvalue weighted by molar-refractivity contribution is -0.143. The van der Waals surface area contributed by atoms with E-state index in [0.717, 1.165) is 6.42 Å². The molecular weight excluding hydrogens is 434 g/mol. The summed E-state index contributed by atoms with van der Waals surface area (Å²) in [4.78, 5) is 60.1. The smallest absolute Gasteiger partial charge is 0.326 e. The standard InChI is InChI=1S/C21H39N5O7/c1-11(2)16(19(30)24-14(21(32)33)8-9-15(27)28)26-20(31)17(12(3)4)25-18(29)13(23)7-5-6-10-22/h11-14,16-17H,5-10,22-23H2,1-4H3,(H,24,30)(H,25,29)(H,26,31)(H,27,28)(H,32,33)/t13-,14-,16-,17-/m0/s1. The van der Waals surface area contributed by atoms with E-state index in [9.17, 15) is 29.1 Å². The van der Waals surface area contributed by atoms with Crippen LogP contribution in [0.2, 0.25) is 0 Å². The Morgan fingerprint density at radius 1 is 0.758 bits per heavy atom. The second kappa shape index (κ2) is 15.2. The Kier molecular flexibility index (Phi) is 13.9. The third kappa shape index (κ3) is 11.6. The number of carbonyl (C=O) groups excluding carboxylic acids is 3. The van der Waals surface area contributed by atoms with E-state index in [2.05, 4.69) is 16.0 Å². The molecule has 3 amide bonds. The van der Waals surface area contributed by atoms with Crippen LogP contribution >= 0.6 is 0 Å². The van der Waals surface area contributed by atoms with Gasteiger partial charge in [-0.1, -0.05) is 34.1 Å². The number of nitrogens with one attached hydrogen (secondary N) is 3. The highest BCUT2D eigenvalue weighted by atomic mass is 16.4. The second-order valence-corrected chi connectivity index (χ2v) is 8.68. The maximum atomic E-state index is 12.9. The van der Waals surface area contributed by atoms with Crippen LogP contribution in [-0.4, -0.2) is 70.6 Å². The Morgan fingerprint density at radius 2 is 1.24 bits per heavy atom. The third-order valence-corrected chi connectivity index (χ3v) is 5.06. The molecule has 0 aliphatic carbocycles. The molecule has 0 aliphatic rings. The van der Waals surface area contributed by atoms with Crippen LogP contribution in [0.5, 0.6) is 0 Å². The molecule has 12 nitrogen and oxygen atoms in total. The summed E-state index contributed by atoms with van der Waals surface area (Å²) in [6.07, 6.45) is 1.07. The first-order chi connectivity index (χ1) is 15.3. The lowest BCUT2D eigenvalue weighted by atomic mass is 9.98. The van der Waals surface area contributed by atoms with Crippen molar-refractivity contribution in [3.63, 3.8) is 0 Å². The summed E-state index contributed by atoms with van der Waals surface area (Å²) in [5.41, 5.74) is 11.3. The van der Waals surface area contributed by atoms with Crippen molar-refractivity contribution in [3.05, 3.63) is 0 Å². The van der Waals surface area contributed by atoms with E-state index in [-0.39, 0.29) is 12.3 Å². The zero-order chi connectivity index (χ0) is 25.7. The average molecular weight is 474 g/mol. The fourth-order valence-corrected chi connectivity index (χ4v) is 3.00. The summed E-state index contributed by atoms with van der Waals surface area (Å²) in [5, 5.41) is 25.5. The highest BCUT2D eigenvalue weighted by Gasteiger charge is 2.33. The average Bonchev–Trinajstić information content (AvgIpc) is 2.71. The zero-order valence-electron chi connectivity index (χ0n) is 19.8. The normalized spacial score (nSPS) is 14.8. The Balaban J connectivity index is 5.26. The van der Waals surface area contributed by atoms with E-state index in [4.69, 9.17) is 16.6 Å². The van der Waals surface area contributed by atoms with Crippen LogP contribution < -0.4 is 27.4 Å². The molecule has 0 spiro atoms. The van der Waals surface area contributed by atoms with Crippen molar-refractivity contribution >= 4 is 29.7 Å². The first kappa shape index (κ1) is 30.3. The number of aliphatic carboxylic acids is 2. The number of nitrogens with two attached hydrogens (primary N) is 2. The van der Waals surface area contributed by atoms with Crippen LogP contribution in [0.25, 0.3) is 0 Å². The van der Waals surface area contributed by atoms with E-state index in [1.165, 1.54) is 0 Å². The maximum Gasteiger partial charge on any atom is 0.326 e. The molecule has 0 saturated carbocycles. The van der Waals surface area contributed by atoms with Gasteiger partial charge in [0.25, 0.3) is 0 Å². The largest absolute Gasteiger partial charge is 0.481 e. The predicted octanol–water partition coefficient (Wildman–Crippen LogP) is -0.841. The summed E-state index contributed by atoms with van der Waals surface area (Å²) in [5.74, 6) is -5.17. The Hall–Kier alpha value is -2.73. The molecule has 0 radical (unpaired) electrons. The van der Waals surface area contributed by atoms with Crippen LogP contribution in [0.3, 0.4) is 0 Å². The summed E-state index contributed by atoms with van der Waals surface area (Å²) >= 11 is 0. The number of carboxylic acids is 2. The maximum absolute atomic E-state index is 12.9. The van der Waals surface area contributed by atoms with Gasteiger partial charge in [-0.25, -0.2) is 4.79 Å². The summed E-state index contributed by atoms with van der Waals surface area (Å²) in [6, 6.07) is -4.28. The van der Waals surface area contributed by atoms with Crippen molar-refractivity contribution in [2.75, 3.05) is 6.54 Å². The Bertz CT molecular complexity index is 684. The quantitative estimate of drug-likeness (QED) is 0.139. The lowest BCUT2D eigenvalue weighted by Gasteiger charge is -2.28.